The quantitative estimate of drug-likeness (QED) is 0.234. The van der Waals surface area contributed by atoms with Crippen LogP contribution in [0.3, 0.4) is 0 Å². The van der Waals surface area contributed by atoms with E-state index in [0.717, 1.165) is 12.1 Å². The molecule has 0 saturated heterocycles. The average molecular weight is 446 g/mol. The van der Waals surface area contributed by atoms with E-state index in [1.54, 1.807) is 23.5 Å². The van der Waals surface area contributed by atoms with Gasteiger partial charge in [0, 0.05) is 23.6 Å². The van der Waals surface area contributed by atoms with Crippen LogP contribution in [-0.4, -0.2) is 17.4 Å². The molecular weight excluding hydrogens is 427 g/mol. The highest BCUT2D eigenvalue weighted by molar-refractivity contribution is 14.0. The highest BCUT2D eigenvalue weighted by Crippen LogP contribution is 2.13. The predicted octanol–water partition coefficient (Wildman–Crippen LogP) is 3.53. The molecule has 23 heavy (non-hydrogen) atoms. The smallest absolute Gasteiger partial charge is 0.269 e. The van der Waals surface area contributed by atoms with Crippen LogP contribution < -0.4 is 10.6 Å². The largest absolute Gasteiger partial charge is 0.357 e. The van der Waals surface area contributed by atoms with Crippen molar-refractivity contribution in [2.75, 3.05) is 6.54 Å². The number of benzene rings is 1. The topological polar surface area (TPSA) is 79.6 Å². The van der Waals surface area contributed by atoms with E-state index >= 15 is 0 Å². The van der Waals surface area contributed by atoms with Crippen molar-refractivity contribution in [1.29, 1.82) is 0 Å². The van der Waals surface area contributed by atoms with E-state index in [0.29, 0.717) is 19.0 Å². The van der Waals surface area contributed by atoms with E-state index in [1.807, 2.05) is 24.4 Å². The molecule has 2 aromatic rings. The third-order valence-corrected chi connectivity index (χ3v) is 3.77. The first kappa shape index (κ1) is 19.4. The summed E-state index contributed by atoms with van der Waals surface area (Å²) in [5, 5.41) is 19.2. The molecule has 0 fully saturated rings. The van der Waals surface area contributed by atoms with Crippen molar-refractivity contribution < 1.29 is 4.92 Å². The van der Waals surface area contributed by atoms with Crippen LogP contribution in [-0.2, 0) is 13.1 Å². The van der Waals surface area contributed by atoms with Crippen molar-refractivity contribution in [3.05, 3.63) is 62.3 Å². The molecule has 0 atom stereocenters. The number of nitrogens with one attached hydrogen (secondary N) is 2. The summed E-state index contributed by atoms with van der Waals surface area (Å²) in [7, 11) is 0. The maximum Gasteiger partial charge on any atom is 0.269 e. The van der Waals surface area contributed by atoms with E-state index in [4.69, 9.17) is 0 Å². The lowest BCUT2D eigenvalue weighted by Crippen LogP contribution is -2.36. The van der Waals surface area contributed by atoms with Crippen molar-refractivity contribution in [2.45, 2.75) is 20.0 Å². The second-order valence-corrected chi connectivity index (χ2v) is 5.59. The summed E-state index contributed by atoms with van der Waals surface area (Å²) in [4.78, 5) is 16.1. The zero-order chi connectivity index (χ0) is 15.8. The minimum atomic E-state index is -0.395. The predicted molar refractivity (Wildman–Crippen MR) is 104 cm³/mol. The van der Waals surface area contributed by atoms with Gasteiger partial charge in [-0.05, 0) is 23.9 Å². The maximum atomic E-state index is 10.8. The third-order valence-electron chi connectivity index (χ3n) is 2.90. The molecule has 0 aliphatic rings. The Morgan fingerprint density at radius 1 is 1.30 bits per heavy atom. The van der Waals surface area contributed by atoms with Crippen LogP contribution >= 0.6 is 35.3 Å². The first-order valence-corrected chi connectivity index (χ1v) is 7.85. The maximum absolute atomic E-state index is 10.8. The molecule has 0 aliphatic heterocycles. The van der Waals surface area contributed by atoms with Crippen LogP contribution in [0.25, 0.3) is 0 Å². The number of hydrogen-bond donors (Lipinski definition) is 2. The first-order valence-electron chi connectivity index (χ1n) is 6.97. The SMILES string of the molecule is CCNC(=NCc1cccc([N+](=O)[O-])c1)NCc1cccs1.I. The number of nitrogens with zero attached hydrogens (tertiary/aromatic N) is 2. The fraction of sp³-hybridized carbons (Fsp3) is 0.267. The molecule has 0 radical (unpaired) electrons. The molecule has 1 aromatic carbocycles. The lowest BCUT2D eigenvalue weighted by atomic mass is 10.2. The molecule has 124 valence electrons. The van der Waals surface area contributed by atoms with Gasteiger partial charge in [0.25, 0.3) is 5.69 Å². The van der Waals surface area contributed by atoms with Gasteiger partial charge in [0.15, 0.2) is 5.96 Å². The molecule has 1 aromatic heterocycles. The van der Waals surface area contributed by atoms with Crippen LogP contribution in [0.4, 0.5) is 5.69 Å². The van der Waals surface area contributed by atoms with Gasteiger partial charge in [0.2, 0.25) is 0 Å². The number of rotatable bonds is 6. The lowest BCUT2D eigenvalue weighted by molar-refractivity contribution is -0.384. The fourth-order valence-corrected chi connectivity index (χ4v) is 2.51. The van der Waals surface area contributed by atoms with Crippen LogP contribution in [0.1, 0.15) is 17.4 Å². The van der Waals surface area contributed by atoms with Gasteiger partial charge in [0.1, 0.15) is 0 Å². The fourth-order valence-electron chi connectivity index (χ4n) is 1.86. The number of non-ortho nitro benzene ring substituents is 1. The number of nitro groups is 1. The Kier molecular flexibility index (Phi) is 8.56. The Morgan fingerprint density at radius 2 is 2.13 bits per heavy atom. The molecule has 2 rings (SSSR count). The Hall–Kier alpha value is -1.68. The number of thiophene rings is 1. The summed E-state index contributed by atoms with van der Waals surface area (Å²) < 4.78 is 0. The van der Waals surface area contributed by atoms with Gasteiger partial charge in [-0.1, -0.05) is 18.2 Å². The van der Waals surface area contributed by atoms with Crippen molar-refractivity contribution in [2.24, 2.45) is 4.99 Å². The lowest BCUT2D eigenvalue weighted by Gasteiger charge is -2.10. The zero-order valence-electron chi connectivity index (χ0n) is 12.7. The molecule has 0 aliphatic carbocycles. The van der Waals surface area contributed by atoms with Crippen LogP contribution in [0.5, 0.6) is 0 Å². The van der Waals surface area contributed by atoms with Crippen molar-refractivity contribution >= 4 is 47.0 Å². The van der Waals surface area contributed by atoms with Crippen LogP contribution in [0.2, 0.25) is 0 Å². The summed E-state index contributed by atoms with van der Waals surface area (Å²) >= 11 is 1.68. The van der Waals surface area contributed by atoms with E-state index in [2.05, 4.69) is 21.7 Å². The third kappa shape index (κ3) is 6.53. The highest BCUT2D eigenvalue weighted by atomic mass is 127. The van der Waals surface area contributed by atoms with E-state index < -0.39 is 4.92 Å². The molecule has 0 unspecified atom stereocenters. The molecule has 0 bridgehead atoms. The van der Waals surface area contributed by atoms with Gasteiger partial charge >= 0.3 is 0 Å². The molecular formula is C15H19IN4O2S. The first-order chi connectivity index (χ1) is 10.7. The summed E-state index contributed by atoms with van der Waals surface area (Å²) in [5.41, 5.74) is 0.895. The van der Waals surface area contributed by atoms with Gasteiger partial charge in [-0.25, -0.2) is 4.99 Å². The number of aliphatic imine (C=N–C) groups is 1. The van der Waals surface area contributed by atoms with E-state index in [-0.39, 0.29) is 29.7 Å². The van der Waals surface area contributed by atoms with Gasteiger partial charge in [0.05, 0.1) is 18.0 Å². The standard InChI is InChI=1S/C15H18N4O2S.HI/c1-2-16-15(18-11-14-7-4-8-22-14)17-10-12-5-3-6-13(9-12)19(20)21;/h3-9H,2,10-11H2,1H3,(H2,16,17,18);1H. The summed E-state index contributed by atoms with van der Waals surface area (Å²) in [6.07, 6.45) is 0. The Balaban J connectivity index is 0.00000264. The second-order valence-electron chi connectivity index (χ2n) is 4.56. The van der Waals surface area contributed by atoms with Crippen molar-refractivity contribution in [3.8, 4) is 0 Å². The zero-order valence-corrected chi connectivity index (χ0v) is 15.8. The van der Waals surface area contributed by atoms with Gasteiger partial charge in [-0.2, -0.15) is 0 Å². The van der Waals surface area contributed by atoms with Gasteiger partial charge < -0.3 is 10.6 Å². The Labute approximate surface area is 156 Å². The number of guanidine groups is 1. The summed E-state index contributed by atoms with van der Waals surface area (Å²) in [6, 6.07) is 10.6. The van der Waals surface area contributed by atoms with Gasteiger partial charge in [-0.15, -0.1) is 35.3 Å². The number of halogens is 1. The van der Waals surface area contributed by atoms with E-state index in [9.17, 15) is 10.1 Å². The van der Waals surface area contributed by atoms with E-state index in [1.165, 1.54) is 10.9 Å². The summed E-state index contributed by atoms with van der Waals surface area (Å²) in [5.74, 6) is 0.697. The molecule has 2 N–H and O–H groups in total. The Morgan fingerprint density at radius 3 is 2.78 bits per heavy atom. The normalized spacial score (nSPS) is 10.7. The minimum Gasteiger partial charge on any atom is -0.357 e. The highest BCUT2D eigenvalue weighted by Gasteiger charge is 2.05. The molecule has 6 nitrogen and oxygen atoms in total. The number of nitro benzene ring substituents is 1. The molecule has 8 heteroatoms. The molecule has 0 saturated carbocycles. The molecule has 0 amide bonds. The second kappa shape index (κ2) is 10.2. The molecule has 1 heterocycles. The Bertz CT molecular complexity index is 647. The molecule has 0 spiro atoms. The average Bonchev–Trinajstić information content (AvgIpc) is 3.03. The monoisotopic (exact) mass is 446 g/mol. The minimum absolute atomic E-state index is 0. The van der Waals surface area contributed by atoms with Crippen molar-refractivity contribution in [3.63, 3.8) is 0 Å². The van der Waals surface area contributed by atoms with Crippen LogP contribution in [0.15, 0.2) is 46.8 Å². The van der Waals surface area contributed by atoms with Crippen molar-refractivity contribution in [1.82, 2.24) is 10.6 Å². The van der Waals surface area contributed by atoms with Crippen LogP contribution in [0, 0.1) is 10.1 Å². The summed E-state index contributed by atoms with van der Waals surface area (Å²) in [6.45, 7) is 3.85. The number of hydrogen-bond acceptors (Lipinski definition) is 4. The van der Waals surface area contributed by atoms with Gasteiger partial charge in [-0.3, -0.25) is 10.1 Å².